The second kappa shape index (κ2) is 4.28. The van der Waals surface area contributed by atoms with Crippen LogP contribution in [-0.2, 0) is 9.53 Å². The first-order chi connectivity index (χ1) is 4.54. The molecule has 0 fully saturated rings. The van der Waals surface area contributed by atoms with E-state index in [2.05, 4.69) is 0 Å². The summed E-state index contributed by atoms with van der Waals surface area (Å²) in [5.41, 5.74) is 0. The highest BCUT2D eigenvalue weighted by molar-refractivity contribution is 5.67. The lowest BCUT2D eigenvalue weighted by Gasteiger charge is -2.14. The van der Waals surface area contributed by atoms with Crippen LogP contribution in [0, 0.1) is 5.92 Å². The molecule has 0 aromatic carbocycles. The van der Waals surface area contributed by atoms with Crippen LogP contribution in [0.25, 0.3) is 0 Å². The molecular formula is C7H13O3-. The Morgan fingerprint density at radius 1 is 1.50 bits per heavy atom. The molecule has 60 valence electrons. The SMILES string of the molecule is CC(C)OCC(C)C(=O)[O-]. The van der Waals surface area contributed by atoms with Gasteiger partial charge in [0, 0.05) is 11.9 Å². The molecule has 0 bridgehead atoms. The van der Waals surface area contributed by atoms with Crippen molar-refractivity contribution in [2.75, 3.05) is 6.61 Å². The number of hydrogen-bond donors (Lipinski definition) is 0. The van der Waals surface area contributed by atoms with E-state index in [9.17, 15) is 9.90 Å². The molecular weight excluding hydrogens is 132 g/mol. The predicted octanol–water partition coefficient (Wildman–Crippen LogP) is -0.203. The van der Waals surface area contributed by atoms with Gasteiger partial charge in [0.1, 0.15) is 0 Å². The first-order valence-corrected chi connectivity index (χ1v) is 3.36. The maximum atomic E-state index is 10.1. The Hall–Kier alpha value is -0.570. The molecule has 0 amide bonds. The van der Waals surface area contributed by atoms with Crippen LogP contribution in [0.5, 0.6) is 0 Å². The van der Waals surface area contributed by atoms with Crippen molar-refractivity contribution < 1.29 is 14.6 Å². The zero-order chi connectivity index (χ0) is 8.15. The number of hydrogen-bond acceptors (Lipinski definition) is 3. The third-order valence-corrected chi connectivity index (χ3v) is 1.08. The molecule has 0 spiro atoms. The van der Waals surface area contributed by atoms with Crippen LogP contribution in [0.15, 0.2) is 0 Å². The van der Waals surface area contributed by atoms with Gasteiger partial charge in [0.25, 0.3) is 0 Å². The first-order valence-electron chi connectivity index (χ1n) is 3.36. The van der Waals surface area contributed by atoms with Crippen molar-refractivity contribution in [3.05, 3.63) is 0 Å². The van der Waals surface area contributed by atoms with Crippen molar-refractivity contribution >= 4 is 5.97 Å². The molecule has 0 saturated heterocycles. The molecule has 0 aliphatic carbocycles. The van der Waals surface area contributed by atoms with Gasteiger partial charge in [0.05, 0.1) is 12.7 Å². The van der Waals surface area contributed by atoms with Gasteiger partial charge < -0.3 is 14.6 Å². The molecule has 0 rings (SSSR count). The second-order valence-corrected chi connectivity index (χ2v) is 2.60. The average molecular weight is 145 g/mol. The zero-order valence-corrected chi connectivity index (χ0v) is 6.59. The van der Waals surface area contributed by atoms with E-state index in [0.29, 0.717) is 0 Å². The molecule has 0 aromatic heterocycles. The van der Waals surface area contributed by atoms with E-state index in [4.69, 9.17) is 4.74 Å². The third-order valence-electron chi connectivity index (χ3n) is 1.08. The van der Waals surface area contributed by atoms with Crippen molar-refractivity contribution in [3.8, 4) is 0 Å². The van der Waals surface area contributed by atoms with E-state index in [-0.39, 0.29) is 12.7 Å². The largest absolute Gasteiger partial charge is 0.550 e. The van der Waals surface area contributed by atoms with Gasteiger partial charge in [-0.15, -0.1) is 0 Å². The Bertz CT molecular complexity index is 109. The molecule has 10 heavy (non-hydrogen) atoms. The normalized spacial score (nSPS) is 13.6. The smallest absolute Gasteiger partial charge is 0.0547 e. The number of carbonyl (C=O) groups excluding carboxylic acids is 1. The lowest BCUT2D eigenvalue weighted by atomic mass is 10.2. The summed E-state index contributed by atoms with van der Waals surface area (Å²) in [6.45, 7) is 5.53. The van der Waals surface area contributed by atoms with E-state index < -0.39 is 11.9 Å². The molecule has 0 radical (unpaired) electrons. The maximum Gasteiger partial charge on any atom is 0.0547 e. The zero-order valence-electron chi connectivity index (χ0n) is 6.59. The van der Waals surface area contributed by atoms with Crippen LogP contribution in [0.1, 0.15) is 20.8 Å². The molecule has 0 aliphatic rings. The van der Waals surface area contributed by atoms with Gasteiger partial charge in [0.15, 0.2) is 0 Å². The summed E-state index contributed by atoms with van der Waals surface area (Å²) in [6, 6.07) is 0. The minimum absolute atomic E-state index is 0.0850. The van der Waals surface area contributed by atoms with E-state index in [1.807, 2.05) is 13.8 Å². The van der Waals surface area contributed by atoms with E-state index in [0.717, 1.165) is 0 Å². The fourth-order valence-corrected chi connectivity index (χ4v) is 0.405. The van der Waals surface area contributed by atoms with Gasteiger partial charge in [-0.2, -0.15) is 0 Å². The number of rotatable bonds is 4. The second-order valence-electron chi connectivity index (χ2n) is 2.60. The fraction of sp³-hybridized carbons (Fsp3) is 0.857. The molecule has 3 heteroatoms. The van der Waals surface area contributed by atoms with Gasteiger partial charge in [-0.25, -0.2) is 0 Å². The van der Waals surface area contributed by atoms with E-state index in [1.54, 1.807) is 6.92 Å². The van der Waals surface area contributed by atoms with Crippen molar-refractivity contribution in [3.63, 3.8) is 0 Å². The Kier molecular flexibility index (Phi) is 4.03. The molecule has 0 aliphatic heterocycles. The Labute approximate surface area is 61.0 Å². The van der Waals surface area contributed by atoms with E-state index in [1.165, 1.54) is 0 Å². The monoisotopic (exact) mass is 145 g/mol. The predicted molar refractivity (Wildman–Crippen MR) is 35.3 cm³/mol. The summed E-state index contributed by atoms with van der Waals surface area (Å²) in [5, 5.41) is 10.1. The Morgan fingerprint density at radius 3 is 2.30 bits per heavy atom. The minimum Gasteiger partial charge on any atom is -0.550 e. The van der Waals surface area contributed by atoms with Crippen LogP contribution in [0.4, 0.5) is 0 Å². The maximum absolute atomic E-state index is 10.1. The summed E-state index contributed by atoms with van der Waals surface area (Å²) in [6.07, 6.45) is 0.0850. The van der Waals surface area contributed by atoms with Crippen molar-refractivity contribution in [1.82, 2.24) is 0 Å². The molecule has 0 N–H and O–H groups in total. The highest BCUT2D eigenvalue weighted by atomic mass is 16.5. The van der Waals surface area contributed by atoms with Crippen molar-refractivity contribution in [1.29, 1.82) is 0 Å². The van der Waals surface area contributed by atoms with Gasteiger partial charge in [-0.1, -0.05) is 6.92 Å². The Morgan fingerprint density at radius 2 is 2.00 bits per heavy atom. The van der Waals surface area contributed by atoms with Crippen LogP contribution < -0.4 is 5.11 Å². The van der Waals surface area contributed by atoms with Crippen LogP contribution in [-0.4, -0.2) is 18.7 Å². The number of ether oxygens (including phenoxy) is 1. The third kappa shape index (κ3) is 4.32. The molecule has 0 aromatic rings. The van der Waals surface area contributed by atoms with Gasteiger partial charge in [0.2, 0.25) is 0 Å². The molecule has 1 atom stereocenters. The van der Waals surface area contributed by atoms with Crippen LogP contribution in [0.2, 0.25) is 0 Å². The first kappa shape index (κ1) is 9.43. The summed E-state index contributed by atoms with van der Waals surface area (Å²) >= 11 is 0. The lowest BCUT2D eigenvalue weighted by molar-refractivity contribution is -0.312. The highest BCUT2D eigenvalue weighted by Crippen LogP contribution is 1.96. The highest BCUT2D eigenvalue weighted by Gasteiger charge is 2.03. The van der Waals surface area contributed by atoms with E-state index >= 15 is 0 Å². The minimum atomic E-state index is -1.05. The quantitative estimate of drug-likeness (QED) is 0.550. The Balaban J connectivity index is 3.40. The van der Waals surface area contributed by atoms with Gasteiger partial charge in [-0.05, 0) is 13.8 Å². The van der Waals surface area contributed by atoms with Crippen LogP contribution in [0.3, 0.4) is 0 Å². The summed E-state index contributed by atoms with van der Waals surface area (Å²) in [5.74, 6) is -1.57. The van der Waals surface area contributed by atoms with Gasteiger partial charge in [-0.3, -0.25) is 0 Å². The average Bonchev–Trinajstić information content (AvgIpc) is 1.82. The fourth-order valence-electron chi connectivity index (χ4n) is 0.405. The van der Waals surface area contributed by atoms with Gasteiger partial charge >= 0.3 is 0 Å². The summed E-state index contributed by atoms with van der Waals surface area (Å²) in [7, 11) is 0. The van der Waals surface area contributed by atoms with Crippen LogP contribution >= 0.6 is 0 Å². The number of aliphatic carboxylic acids is 1. The lowest BCUT2D eigenvalue weighted by Crippen LogP contribution is -2.32. The standard InChI is InChI=1S/C7H14O3/c1-5(2)10-4-6(3)7(8)9/h5-6H,4H2,1-3H3,(H,8,9)/p-1. The molecule has 1 unspecified atom stereocenters. The van der Waals surface area contributed by atoms with Crippen molar-refractivity contribution in [2.45, 2.75) is 26.9 Å². The summed E-state index contributed by atoms with van der Waals surface area (Å²) in [4.78, 5) is 10.1. The van der Waals surface area contributed by atoms with Crippen molar-refractivity contribution in [2.24, 2.45) is 5.92 Å². The summed E-state index contributed by atoms with van der Waals surface area (Å²) < 4.78 is 5.04. The number of carboxylic acids is 1. The number of carbonyl (C=O) groups is 1. The number of carboxylic acid groups (broad SMARTS) is 1. The molecule has 3 nitrogen and oxygen atoms in total. The molecule has 0 saturated carbocycles. The molecule has 0 heterocycles. The topological polar surface area (TPSA) is 49.4 Å².